The lowest BCUT2D eigenvalue weighted by molar-refractivity contribution is 0.613. The molecular formula is C15H16ClFN2. The lowest BCUT2D eigenvalue weighted by Crippen LogP contribution is -2.09. The van der Waals surface area contributed by atoms with Crippen molar-refractivity contribution in [1.29, 1.82) is 0 Å². The molecule has 0 saturated carbocycles. The van der Waals surface area contributed by atoms with Gasteiger partial charge in [0.2, 0.25) is 0 Å². The van der Waals surface area contributed by atoms with E-state index in [1.54, 1.807) is 18.2 Å². The van der Waals surface area contributed by atoms with Crippen LogP contribution in [0, 0.1) is 5.82 Å². The topological polar surface area (TPSA) is 15.3 Å². The van der Waals surface area contributed by atoms with Gasteiger partial charge in [0.05, 0.1) is 5.02 Å². The van der Waals surface area contributed by atoms with Crippen LogP contribution < -0.4 is 10.2 Å². The predicted octanol–water partition coefficient (Wildman–Crippen LogP) is 4.16. The van der Waals surface area contributed by atoms with Crippen molar-refractivity contribution in [2.45, 2.75) is 6.54 Å². The summed E-state index contributed by atoms with van der Waals surface area (Å²) in [5, 5.41) is 3.35. The molecule has 2 aromatic rings. The number of anilines is 2. The van der Waals surface area contributed by atoms with Crippen molar-refractivity contribution in [1.82, 2.24) is 0 Å². The Hall–Kier alpha value is -1.74. The van der Waals surface area contributed by atoms with Crippen molar-refractivity contribution in [3.63, 3.8) is 0 Å². The number of hydrogen-bond acceptors (Lipinski definition) is 2. The van der Waals surface area contributed by atoms with Crippen LogP contribution in [0.4, 0.5) is 15.8 Å². The summed E-state index contributed by atoms with van der Waals surface area (Å²) in [6, 6.07) is 13.0. The molecule has 0 aliphatic heterocycles. The average Bonchev–Trinajstić information content (AvgIpc) is 2.41. The molecule has 0 radical (unpaired) electrons. The van der Waals surface area contributed by atoms with Crippen LogP contribution in [-0.2, 0) is 6.54 Å². The maximum atomic E-state index is 13.7. The predicted molar refractivity (Wildman–Crippen MR) is 79.5 cm³/mol. The fourth-order valence-corrected chi connectivity index (χ4v) is 1.97. The molecule has 0 amide bonds. The van der Waals surface area contributed by atoms with Crippen LogP contribution in [0.1, 0.15) is 5.56 Å². The largest absolute Gasteiger partial charge is 0.381 e. The summed E-state index contributed by atoms with van der Waals surface area (Å²) in [5.41, 5.74) is 2.60. The van der Waals surface area contributed by atoms with Crippen LogP contribution in [0.2, 0.25) is 5.02 Å². The van der Waals surface area contributed by atoms with Crippen molar-refractivity contribution < 1.29 is 4.39 Å². The lowest BCUT2D eigenvalue weighted by Gasteiger charge is -2.14. The highest BCUT2D eigenvalue weighted by Gasteiger charge is 2.06. The van der Waals surface area contributed by atoms with Gasteiger partial charge in [0.15, 0.2) is 0 Å². The van der Waals surface area contributed by atoms with Crippen LogP contribution >= 0.6 is 11.6 Å². The normalized spacial score (nSPS) is 10.3. The first-order valence-electron chi connectivity index (χ1n) is 6.02. The molecule has 2 nitrogen and oxygen atoms in total. The molecule has 0 spiro atoms. The summed E-state index contributed by atoms with van der Waals surface area (Å²) in [5.74, 6) is -0.361. The Labute approximate surface area is 117 Å². The van der Waals surface area contributed by atoms with E-state index in [-0.39, 0.29) is 10.8 Å². The first kappa shape index (κ1) is 13.7. The van der Waals surface area contributed by atoms with Gasteiger partial charge in [0, 0.05) is 37.6 Å². The smallest absolute Gasteiger partial charge is 0.146 e. The maximum absolute atomic E-state index is 13.7. The van der Waals surface area contributed by atoms with Gasteiger partial charge in [-0.25, -0.2) is 4.39 Å². The van der Waals surface area contributed by atoms with Gasteiger partial charge in [-0.3, -0.25) is 0 Å². The summed E-state index contributed by atoms with van der Waals surface area (Å²) in [6.45, 7) is 0.406. The summed E-state index contributed by atoms with van der Waals surface area (Å²) >= 11 is 5.75. The molecule has 19 heavy (non-hydrogen) atoms. The molecule has 0 aliphatic carbocycles. The van der Waals surface area contributed by atoms with Gasteiger partial charge >= 0.3 is 0 Å². The first-order valence-corrected chi connectivity index (χ1v) is 6.40. The zero-order valence-electron chi connectivity index (χ0n) is 11.0. The molecule has 100 valence electrons. The Bertz CT molecular complexity index is 570. The molecule has 2 aromatic carbocycles. The fourth-order valence-electron chi connectivity index (χ4n) is 1.78. The van der Waals surface area contributed by atoms with Crippen LogP contribution in [-0.4, -0.2) is 14.1 Å². The van der Waals surface area contributed by atoms with Crippen LogP contribution in [0.5, 0.6) is 0 Å². The zero-order valence-corrected chi connectivity index (χ0v) is 11.7. The molecule has 0 fully saturated rings. The molecule has 2 rings (SSSR count). The highest BCUT2D eigenvalue weighted by atomic mass is 35.5. The zero-order chi connectivity index (χ0) is 13.8. The first-order chi connectivity index (χ1) is 9.08. The second-order valence-corrected chi connectivity index (χ2v) is 4.92. The molecule has 0 aromatic heterocycles. The minimum absolute atomic E-state index is 0.154. The van der Waals surface area contributed by atoms with Crippen LogP contribution in [0.3, 0.4) is 0 Å². The Morgan fingerprint density at radius 3 is 2.63 bits per heavy atom. The Morgan fingerprint density at radius 2 is 1.89 bits per heavy atom. The molecule has 1 N–H and O–H groups in total. The quantitative estimate of drug-likeness (QED) is 0.903. The number of rotatable bonds is 4. The molecule has 0 heterocycles. The second kappa shape index (κ2) is 5.93. The molecule has 0 atom stereocenters. The molecule has 0 bridgehead atoms. The fraction of sp³-hybridized carbons (Fsp3) is 0.200. The summed E-state index contributed by atoms with van der Waals surface area (Å²) in [4.78, 5) is 2.02. The van der Waals surface area contributed by atoms with Gasteiger partial charge in [-0.1, -0.05) is 29.8 Å². The van der Waals surface area contributed by atoms with Crippen molar-refractivity contribution in [2.24, 2.45) is 0 Å². The van der Waals surface area contributed by atoms with E-state index in [0.29, 0.717) is 12.1 Å². The Morgan fingerprint density at radius 1 is 1.16 bits per heavy atom. The third-order valence-corrected chi connectivity index (χ3v) is 3.17. The van der Waals surface area contributed by atoms with Gasteiger partial charge in [0.1, 0.15) is 5.82 Å². The van der Waals surface area contributed by atoms with Gasteiger partial charge in [-0.05, 0) is 24.3 Å². The lowest BCUT2D eigenvalue weighted by atomic mass is 10.2. The van der Waals surface area contributed by atoms with Crippen LogP contribution in [0.25, 0.3) is 0 Å². The van der Waals surface area contributed by atoms with Crippen molar-refractivity contribution >= 4 is 23.0 Å². The third-order valence-electron chi connectivity index (χ3n) is 2.88. The van der Waals surface area contributed by atoms with E-state index in [1.165, 1.54) is 0 Å². The SMILES string of the molecule is CN(C)c1cccc(NCc2cccc(Cl)c2F)c1. The Kier molecular flexibility index (Phi) is 4.27. The van der Waals surface area contributed by atoms with E-state index in [2.05, 4.69) is 5.32 Å². The maximum Gasteiger partial charge on any atom is 0.146 e. The molecule has 0 unspecified atom stereocenters. The van der Waals surface area contributed by atoms with Gasteiger partial charge in [0.25, 0.3) is 0 Å². The standard InChI is InChI=1S/C15H16ClFN2/c1-19(2)13-7-4-6-12(9-13)18-10-11-5-3-8-14(16)15(11)17/h3-9,18H,10H2,1-2H3. The van der Waals surface area contributed by atoms with E-state index >= 15 is 0 Å². The molecule has 0 aliphatic rings. The summed E-state index contributed by atoms with van der Waals surface area (Å²) in [6.07, 6.45) is 0. The summed E-state index contributed by atoms with van der Waals surface area (Å²) in [7, 11) is 3.96. The third kappa shape index (κ3) is 3.38. The van der Waals surface area contributed by atoms with E-state index in [1.807, 2.05) is 43.3 Å². The van der Waals surface area contributed by atoms with Crippen molar-refractivity contribution in [3.8, 4) is 0 Å². The minimum atomic E-state index is -0.361. The van der Waals surface area contributed by atoms with E-state index in [4.69, 9.17) is 11.6 Å². The van der Waals surface area contributed by atoms with E-state index < -0.39 is 0 Å². The number of benzene rings is 2. The number of nitrogens with zero attached hydrogens (tertiary/aromatic N) is 1. The van der Waals surface area contributed by atoms with Gasteiger partial charge in [-0.2, -0.15) is 0 Å². The minimum Gasteiger partial charge on any atom is -0.381 e. The second-order valence-electron chi connectivity index (χ2n) is 4.51. The number of halogens is 2. The van der Waals surface area contributed by atoms with Crippen LogP contribution in [0.15, 0.2) is 42.5 Å². The molecule has 0 saturated heterocycles. The number of hydrogen-bond donors (Lipinski definition) is 1. The van der Waals surface area contributed by atoms with E-state index in [0.717, 1.165) is 11.4 Å². The Balaban J connectivity index is 2.10. The van der Waals surface area contributed by atoms with Gasteiger partial charge in [-0.15, -0.1) is 0 Å². The molecule has 4 heteroatoms. The molecular weight excluding hydrogens is 263 g/mol. The highest BCUT2D eigenvalue weighted by molar-refractivity contribution is 6.30. The average molecular weight is 279 g/mol. The highest BCUT2D eigenvalue weighted by Crippen LogP contribution is 2.21. The van der Waals surface area contributed by atoms with Gasteiger partial charge < -0.3 is 10.2 Å². The summed E-state index contributed by atoms with van der Waals surface area (Å²) < 4.78 is 13.7. The van der Waals surface area contributed by atoms with Crippen molar-refractivity contribution in [3.05, 3.63) is 58.9 Å². The number of nitrogens with one attached hydrogen (secondary N) is 1. The van der Waals surface area contributed by atoms with E-state index in [9.17, 15) is 4.39 Å². The van der Waals surface area contributed by atoms with Crippen molar-refractivity contribution in [2.75, 3.05) is 24.3 Å². The monoisotopic (exact) mass is 278 g/mol.